The monoisotopic (exact) mass is 429 g/mol. The van der Waals surface area contributed by atoms with Crippen LogP contribution in [0.1, 0.15) is 18.9 Å². The lowest BCUT2D eigenvalue weighted by molar-refractivity contribution is 0.415. The van der Waals surface area contributed by atoms with Crippen molar-refractivity contribution in [1.29, 1.82) is 0 Å². The molecule has 0 saturated heterocycles. The van der Waals surface area contributed by atoms with Gasteiger partial charge in [0.1, 0.15) is 16.8 Å². The molecule has 32 heavy (non-hydrogen) atoms. The molecular formula is C24H23N5O3. The minimum atomic E-state index is -0.343. The zero-order chi connectivity index (χ0) is 22.2. The summed E-state index contributed by atoms with van der Waals surface area (Å²) in [6, 6.07) is 17.3. The van der Waals surface area contributed by atoms with E-state index in [0.717, 1.165) is 22.6 Å². The molecule has 0 saturated carbocycles. The molecule has 8 heteroatoms. The highest BCUT2D eigenvalue weighted by molar-refractivity contribution is 5.90. The Morgan fingerprint density at radius 3 is 2.44 bits per heavy atom. The van der Waals surface area contributed by atoms with E-state index in [4.69, 9.17) is 4.74 Å². The molecule has 3 aromatic heterocycles. The van der Waals surface area contributed by atoms with Gasteiger partial charge in [0, 0.05) is 6.54 Å². The number of aromatic amines is 1. The van der Waals surface area contributed by atoms with Crippen LogP contribution in [0.15, 0.2) is 70.4 Å². The van der Waals surface area contributed by atoms with Crippen LogP contribution in [0.5, 0.6) is 5.75 Å². The number of H-pyrrole nitrogens is 1. The highest BCUT2D eigenvalue weighted by Crippen LogP contribution is 2.24. The Kier molecular flexibility index (Phi) is 4.89. The van der Waals surface area contributed by atoms with Gasteiger partial charge >= 0.3 is 5.69 Å². The average molecular weight is 429 g/mol. The second kappa shape index (κ2) is 7.88. The molecule has 2 aromatic carbocycles. The number of nitrogens with one attached hydrogen (secondary N) is 1. The second-order valence-corrected chi connectivity index (χ2v) is 7.70. The van der Waals surface area contributed by atoms with Crippen LogP contribution in [0, 0.1) is 0 Å². The second-order valence-electron chi connectivity index (χ2n) is 7.70. The number of nitrogens with zero attached hydrogens (tertiary/aromatic N) is 4. The van der Waals surface area contributed by atoms with Crippen molar-refractivity contribution in [3.63, 3.8) is 0 Å². The van der Waals surface area contributed by atoms with Gasteiger partial charge in [0.05, 0.1) is 25.5 Å². The van der Waals surface area contributed by atoms with E-state index in [1.54, 1.807) is 16.2 Å². The van der Waals surface area contributed by atoms with E-state index >= 15 is 0 Å². The van der Waals surface area contributed by atoms with Crippen LogP contribution in [-0.4, -0.2) is 30.8 Å². The van der Waals surface area contributed by atoms with Crippen LogP contribution in [-0.2, 0) is 13.1 Å². The van der Waals surface area contributed by atoms with E-state index in [1.165, 1.54) is 4.57 Å². The maximum absolute atomic E-state index is 13.3. The lowest BCUT2D eigenvalue weighted by Crippen LogP contribution is -2.40. The van der Waals surface area contributed by atoms with Crippen LogP contribution in [0.25, 0.3) is 27.9 Å². The zero-order valence-electron chi connectivity index (χ0n) is 17.9. The maximum atomic E-state index is 13.3. The Hall–Kier alpha value is -4.07. The summed E-state index contributed by atoms with van der Waals surface area (Å²) in [5.74, 6) is 0.767. The summed E-state index contributed by atoms with van der Waals surface area (Å²) < 4.78 is 9.75. The molecule has 0 bridgehead atoms. The topological polar surface area (TPSA) is 86.3 Å². The average Bonchev–Trinajstić information content (AvgIpc) is 3.38. The minimum Gasteiger partial charge on any atom is -0.497 e. The van der Waals surface area contributed by atoms with Gasteiger partial charge in [-0.15, -0.1) is 5.10 Å². The van der Waals surface area contributed by atoms with Crippen molar-refractivity contribution >= 4 is 16.7 Å². The summed E-state index contributed by atoms with van der Waals surface area (Å²) in [5.41, 5.74) is 3.01. The molecule has 5 aromatic rings. The smallest absolute Gasteiger partial charge is 0.333 e. The first-order chi connectivity index (χ1) is 15.6. The van der Waals surface area contributed by atoms with Crippen molar-refractivity contribution in [1.82, 2.24) is 23.7 Å². The van der Waals surface area contributed by atoms with Gasteiger partial charge in [-0.1, -0.05) is 37.3 Å². The lowest BCUT2D eigenvalue weighted by Gasteiger charge is -2.11. The third-order valence-electron chi connectivity index (χ3n) is 5.60. The fourth-order valence-electron chi connectivity index (χ4n) is 4.01. The molecule has 0 aliphatic carbocycles. The molecule has 5 rings (SSSR count). The van der Waals surface area contributed by atoms with Gasteiger partial charge < -0.3 is 9.72 Å². The van der Waals surface area contributed by atoms with Crippen LogP contribution >= 0.6 is 0 Å². The van der Waals surface area contributed by atoms with E-state index in [-0.39, 0.29) is 11.2 Å². The highest BCUT2D eigenvalue weighted by Gasteiger charge is 2.20. The van der Waals surface area contributed by atoms with Crippen molar-refractivity contribution in [2.45, 2.75) is 26.4 Å². The van der Waals surface area contributed by atoms with E-state index in [0.29, 0.717) is 36.2 Å². The van der Waals surface area contributed by atoms with Gasteiger partial charge in [-0.05, 0) is 41.8 Å². The first-order valence-electron chi connectivity index (χ1n) is 10.5. The van der Waals surface area contributed by atoms with Crippen LogP contribution < -0.4 is 16.0 Å². The molecule has 0 amide bonds. The maximum Gasteiger partial charge on any atom is 0.333 e. The minimum absolute atomic E-state index is 0.325. The summed E-state index contributed by atoms with van der Waals surface area (Å²) in [4.78, 5) is 29.8. The third kappa shape index (κ3) is 3.20. The third-order valence-corrected chi connectivity index (χ3v) is 5.60. The molecule has 8 nitrogen and oxygen atoms in total. The molecule has 0 aliphatic heterocycles. The normalized spacial score (nSPS) is 11.4. The predicted molar refractivity (Wildman–Crippen MR) is 123 cm³/mol. The van der Waals surface area contributed by atoms with Crippen molar-refractivity contribution in [2.75, 3.05) is 7.11 Å². The molecule has 0 spiro atoms. The number of ether oxygens (including phenoxy) is 1. The van der Waals surface area contributed by atoms with Gasteiger partial charge in [-0.2, -0.15) is 0 Å². The summed E-state index contributed by atoms with van der Waals surface area (Å²) >= 11 is 0. The quantitative estimate of drug-likeness (QED) is 0.449. The van der Waals surface area contributed by atoms with Crippen molar-refractivity contribution in [3.8, 4) is 17.0 Å². The number of rotatable bonds is 6. The van der Waals surface area contributed by atoms with Crippen LogP contribution in [0.3, 0.4) is 0 Å². The summed E-state index contributed by atoms with van der Waals surface area (Å²) in [7, 11) is 1.63. The Morgan fingerprint density at radius 2 is 1.75 bits per heavy atom. The molecule has 0 radical (unpaired) electrons. The van der Waals surface area contributed by atoms with Gasteiger partial charge in [0.25, 0.3) is 5.56 Å². The summed E-state index contributed by atoms with van der Waals surface area (Å²) in [5, 5.41) is 5.04. The lowest BCUT2D eigenvalue weighted by atomic mass is 10.2. The Balaban J connectivity index is 1.73. The molecule has 0 atom stereocenters. The molecule has 0 aliphatic rings. The van der Waals surface area contributed by atoms with Gasteiger partial charge in [-0.3, -0.25) is 13.9 Å². The van der Waals surface area contributed by atoms with E-state index < -0.39 is 0 Å². The highest BCUT2D eigenvalue weighted by atomic mass is 16.5. The van der Waals surface area contributed by atoms with Gasteiger partial charge in [0.15, 0.2) is 5.65 Å². The Bertz CT molecular complexity index is 1520. The summed E-state index contributed by atoms with van der Waals surface area (Å²) in [6.45, 7) is 2.64. The van der Waals surface area contributed by atoms with E-state index in [9.17, 15) is 9.59 Å². The van der Waals surface area contributed by atoms with E-state index in [2.05, 4.69) is 10.1 Å². The first kappa shape index (κ1) is 19.9. The number of imidazole rings is 1. The standard InChI is InChI=1S/C24H23N5O3/c1-3-13-27-23(30)20-21-25-19(17-9-11-18(32-2)12-10-17)15-29(21)26-22(20)28(24(27)31)14-16-7-5-4-6-8-16/h4-12,15,25H,3,13-14H2,1-2H3. The Morgan fingerprint density at radius 1 is 1.00 bits per heavy atom. The first-order valence-corrected chi connectivity index (χ1v) is 10.5. The zero-order valence-corrected chi connectivity index (χ0v) is 17.9. The molecule has 1 N–H and O–H groups in total. The number of fused-ring (bicyclic) bond motifs is 3. The van der Waals surface area contributed by atoms with Gasteiger partial charge in [0.2, 0.25) is 0 Å². The predicted octanol–water partition coefficient (Wildman–Crippen LogP) is 3.27. The van der Waals surface area contributed by atoms with Crippen LogP contribution in [0.2, 0.25) is 0 Å². The number of hydrogen-bond donors (Lipinski definition) is 1. The van der Waals surface area contributed by atoms with Crippen molar-refractivity contribution < 1.29 is 4.74 Å². The fraction of sp³-hybridized carbons (Fsp3) is 0.208. The Labute approximate surface area is 183 Å². The van der Waals surface area contributed by atoms with E-state index in [1.807, 2.05) is 67.7 Å². The summed E-state index contributed by atoms with van der Waals surface area (Å²) in [6.07, 6.45) is 2.51. The van der Waals surface area contributed by atoms with Crippen LogP contribution in [0.4, 0.5) is 0 Å². The number of hydrogen-bond acceptors (Lipinski definition) is 4. The van der Waals surface area contributed by atoms with Gasteiger partial charge in [-0.25, -0.2) is 9.31 Å². The van der Waals surface area contributed by atoms with Crippen molar-refractivity contribution in [2.24, 2.45) is 0 Å². The SMILES string of the molecule is CCCn1c(=O)c2c(nn3cc(-c4ccc(OC)cc4)[nH]c23)n(Cc2ccccc2)c1=O. The molecule has 3 heterocycles. The molecule has 0 fully saturated rings. The molecule has 0 unspecified atom stereocenters. The van der Waals surface area contributed by atoms with Crippen molar-refractivity contribution in [3.05, 3.63) is 87.2 Å². The molecular weight excluding hydrogens is 406 g/mol. The number of methoxy groups -OCH3 is 1. The molecule has 162 valence electrons. The number of aromatic nitrogens is 5. The number of benzene rings is 2. The largest absolute Gasteiger partial charge is 0.497 e. The fourth-order valence-corrected chi connectivity index (χ4v) is 4.01.